The molecule has 1 nitrogen and oxygen atoms in total. The van der Waals surface area contributed by atoms with Crippen molar-refractivity contribution in [1.29, 1.82) is 0 Å². The zero-order valence-corrected chi connectivity index (χ0v) is 8.89. The van der Waals surface area contributed by atoms with Crippen LogP contribution < -0.4 is 0 Å². The van der Waals surface area contributed by atoms with Gasteiger partial charge in [0.1, 0.15) is 0 Å². The molecule has 1 aromatic carbocycles. The Morgan fingerprint density at radius 1 is 1.21 bits per heavy atom. The molecule has 0 N–H and O–H groups in total. The Labute approximate surface area is 85.1 Å². The van der Waals surface area contributed by atoms with Crippen LogP contribution in [0.25, 0.3) is 0 Å². The maximum atomic E-state index is 3.07. The highest BCUT2D eigenvalue weighted by molar-refractivity contribution is 5.83. The first-order chi connectivity index (χ1) is 6.72. The van der Waals surface area contributed by atoms with Gasteiger partial charge >= 0.3 is 0 Å². The van der Waals surface area contributed by atoms with E-state index in [-0.39, 0.29) is 0 Å². The summed E-state index contributed by atoms with van der Waals surface area (Å²) in [6, 6.07) is 7.43. The summed E-state index contributed by atoms with van der Waals surface area (Å²) in [5.41, 5.74) is 5.48. The van der Waals surface area contributed by atoms with Crippen LogP contribution in [0, 0.1) is 25.8 Å². The number of hydrogen-bond donors (Lipinski definition) is 0. The molecule has 0 amide bonds. The Morgan fingerprint density at radius 2 is 1.93 bits per heavy atom. The van der Waals surface area contributed by atoms with Crippen molar-refractivity contribution in [3.63, 3.8) is 0 Å². The van der Waals surface area contributed by atoms with Gasteiger partial charge in [-0.2, -0.15) is 0 Å². The van der Waals surface area contributed by atoms with Gasteiger partial charge < -0.3 is 0 Å². The third-order valence-corrected chi connectivity index (χ3v) is 2.68. The zero-order valence-electron chi connectivity index (χ0n) is 8.89. The molecule has 1 aliphatic heterocycles. The average molecular weight is 184 g/mol. The molecule has 1 heterocycles. The second-order valence-corrected chi connectivity index (χ2v) is 3.71. The van der Waals surface area contributed by atoms with E-state index in [0.717, 1.165) is 6.54 Å². The normalized spacial score (nSPS) is 12.9. The molecule has 1 aromatic rings. The van der Waals surface area contributed by atoms with Gasteiger partial charge in [-0.3, -0.25) is 0 Å². The second kappa shape index (κ2) is 3.31. The minimum Gasteiger partial charge on any atom is -0.145 e. The molecular formula is C13H14N+. The molecule has 1 aliphatic rings. The van der Waals surface area contributed by atoms with Crippen molar-refractivity contribution in [3.05, 3.63) is 34.4 Å². The molecule has 0 bridgehead atoms. The zero-order chi connectivity index (χ0) is 10.1. The Hall–Kier alpha value is -1.55. The van der Waals surface area contributed by atoms with Crippen molar-refractivity contribution >= 4 is 6.21 Å². The number of hydrogen-bond acceptors (Lipinski definition) is 0. The first-order valence-corrected chi connectivity index (χ1v) is 4.85. The Kier molecular flexibility index (Phi) is 2.13. The summed E-state index contributed by atoms with van der Waals surface area (Å²) >= 11 is 0. The molecule has 0 spiro atoms. The summed E-state index contributed by atoms with van der Waals surface area (Å²) in [6.45, 7) is 7.12. The van der Waals surface area contributed by atoms with Crippen molar-refractivity contribution in [3.8, 4) is 12.0 Å². The van der Waals surface area contributed by atoms with Crippen molar-refractivity contribution in [2.45, 2.75) is 27.3 Å². The van der Waals surface area contributed by atoms with Gasteiger partial charge in [0.25, 0.3) is 0 Å². The van der Waals surface area contributed by atoms with Crippen LogP contribution in [0.3, 0.4) is 0 Å². The molecule has 70 valence electrons. The van der Waals surface area contributed by atoms with Crippen LogP contribution >= 0.6 is 0 Å². The second-order valence-electron chi connectivity index (χ2n) is 3.71. The quantitative estimate of drug-likeness (QED) is 0.429. The van der Waals surface area contributed by atoms with E-state index in [2.05, 4.69) is 48.7 Å². The highest BCUT2D eigenvalue weighted by atomic mass is 15.0. The van der Waals surface area contributed by atoms with Crippen molar-refractivity contribution in [2.24, 2.45) is 0 Å². The van der Waals surface area contributed by atoms with Crippen LogP contribution in [-0.4, -0.2) is 10.8 Å². The lowest BCUT2D eigenvalue weighted by molar-refractivity contribution is -0.442. The lowest BCUT2D eigenvalue weighted by atomic mass is 10.00. The molecule has 0 radical (unpaired) electrons. The number of rotatable bonds is 0. The third kappa shape index (κ3) is 1.33. The maximum absolute atomic E-state index is 3.07. The monoisotopic (exact) mass is 184 g/mol. The molecule has 1 heteroatoms. The van der Waals surface area contributed by atoms with Crippen LogP contribution in [0.1, 0.15) is 29.2 Å². The van der Waals surface area contributed by atoms with Crippen LogP contribution in [0.5, 0.6) is 0 Å². The van der Waals surface area contributed by atoms with E-state index in [0.29, 0.717) is 0 Å². The lowest BCUT2D eigenvalue weighted by Gasteiger charge is -2.01. The van der Waals surface area contributed by atoms with E-state index < -0.39 is 0 Å². The average Bonchev–Trinajstić information content (AvgIpc) is 2.57. The van der Waals surface area contributed by atoms with E-state index >= 15 is 0 Å². The minimum absolute atomic E-state index is 0.934. The molecule has 0 aromatic heterocycles. The molecule has 0 fully saturated rings. The van der Waals surface area contributed by atoms with E-state index in [4.69, 9.17) is 0 Å². The van der Waals surface area contributed by atoms with Crippen molar-refractivity contribution in [2.75, 3.05) is 0 Å². The van der Waals surface area contributed by atoms with Gasteiger partial charge in [0.15, 0.2) is 12.8 Å². The van der Waals surface area contributed by atoms with Crippen molar-refractivity contribution in [1.82, 2.24) is 0 Å². The summed E-state index contributed by atoms with van der Waals surface area (Å²) in [5, 5.41) is 0. The molecule has 0 aliphatic carbocycles. The van der Waals surface area contributed by atoms with Gasteiger partial charge in [-0.25, -0.2) is 0 Å². The van der Waals surface area contributed by atoms with Crippen molar-refractivity contribution < 1.29 is 4.58 Å². The number of aryl methyl sites for hydroxylation is 2. The van der Waals surface area contributed by atoms with Gasteiger partial charge in [-0.15, -0.1) is 4.58 Å². The van der Waals surface area contributed by atoms with E-state index in [1.165, 1.54) is 22.3 Å². The van der Waals surface area contributed by atoms with Crippen LogP contribution in [0.15, 0.2) is 12.1 Å². The Bertz CT molecular complexity index is 470. The molecule has 0 saturated carbocycles. The topological polar surface area (TPSA) is 3.01 Å². The third-order valence-electron chi connectivity index (χ3n) is 2.68. The maximum Gasteiger partial charge on any atom is 0.222 e. The Balaban J connectivity index is 2.53. The van der Waals surface area contributed by atoms with Gasteiger partial charge in [-0.1, -0.05) is 12.1 Å². The first-order valence-electron chi connectivity index (χ1n) is 4.85. The summed E-state index contributed by atoms with van der Waals surface area (Å²) in [7, 11) is 0. The summed E-state index contributed by atoms with van der Waals surface area (Å²) in [6.07, 6.45) is 2.15. The summed E-state index contributed by atoms with van der Waals surface area (Å²) in [5.74, 6) is 2.93. The fraction of sp³-hybridized carbons (Fsp3) is 0.308. The molecule has 2 rings (SSSR count). The molecule has 0 unspecified atom stereocenters. The molecule has 14 heavy (non-hydrogen) atoms. The smallest absolute Gasteiger partial charge is 0.145 e. The van der Waals surface area contributed by atoms with Gasteiger partial charge in [0.2, 0.25) is 6.04 Å². The predicted molar refractivity (Wildman–Crippen MR) is 58.5 cm³/mol. The van der Waals surface area contributed by atoms with Crippen LogP contribution in [0.4, 0.5) is 0 Å². The first kappa shape index (κ1) is 9.02. The fourth-order valence-corrected chi connectivity index (χ4v) is 1.87. The number of benzene rings is 1. The van der Waals surface area contributed by atoms with Crippen LogP contribution in [-0.2, 0) is 6.54 Å². The molecule has 0 atom stereocenters. The molecular weight excluding hydrogens is 170 g/mol. The molecule has 0 saturated heterocycles. The summed E-state index contributed by atoms with van der Waals surface area (Å²) in [4.78, 5) is 0. The summed E-state index contributed by atoms with van der Waals surface area (Å²) < 4.78 is 2.06. The van der Waals surface area contributed by atoms with Gasteiger partial charge in [0.05, 0.1) is 5.56 Å². The Morgan fingerprint density at radius 3 is 2.57 bits per heavy atom. The predicted octanol–water partition coefficient (Wildman–Crippen LogP) is 2.23. The largest absolute Gasteiger partial charge is 0.222 e. The van der Waals surface area contributed by atoms with Gasteiger partial charge in [-0.05, 0) is 30.9 Å². The highest BCUT2D eigenvalue weighted by Crippen LogP contribution is 2.21. The van der Waals surface area contributed by atoms with E-state index in [9.17, 15) is 0 Å². The minimum atomic E-state index is 0.934. The lowest BCUT2D eigenvalue weighted by Crippen LogP contribution is -1.98. The highest BCUT2D eigenvalue weighted by Gasteiger charge is 2.21. The fourth-order valence-electron chi connectivity index (χ4n) is 1.87. The standard InChI is InChI=1S/C13H14N/c1-4-7-14-8-12-10(2)5-6-11(3)13(12)9-14/h5-6,8H,9H2,1-3H3/q+1. The van der Waals surface area contributed by atoms with Gasteiger partial charge in [0, 0.05) is 12.5 Å². The van der Waals surface area contributed by atoms with Crippen LogP contribution in [0.2, 0.25) is 0 Å². The number of fused-ring (bicyclic) bond motifs is 1. The number of nitrogens with zero attached hydrogens (tertiary/aromatic N) is 1. The SMILES string of the molecule is CC#C[N+]1=Cc2c(C)ccc(C)c2C1. The van der Waals surface area contributed by atoms with E-state index in [1.54, 1.807) is 0 Å². The van der Waals surface area contributed by atoms with E-state index in [1.807, 2.05) is 6.92 Å².